The van der Waals surface area contributed by atoms with E-state index in [9.17, 15) is 9.50 Å². The van der Waals surface area contributed by atoms with Gasteiger partial charge in [-0.15, -0.1) is 0 Å². The maximum Gasteiger partial charge on any atom is 0.127 e. The molecule has 1 aromatic rings. The molecule has 0 radical (unpaired) electrons. The van der Waals surface area contributed by atoms with Crippen LogP contribution in [0, 0.1) is 5.82 Å². The first-order valence-corrected chi connectivity index (χ1v) is 7.17. The summed E-state index contributed by atoms with van der Waals surface area (Å²) in [4.78, 5) is 0. The van der Waals surface area contributed by atoms with Gasteiger partial charge in [-0.25, -0.2) is 4.39 Å². The summed E-state index contributed by atoms with van der Waals surface area (Å²) in [7, 11) is 0. The van der Waals surface area contributed by atoms with E-state index in [1.54, 1.807) is 6.07 Å². The third kappa shape index (κ3) is 3.53. The second-order valence-corrected chi connectivity index (χ2v) is 6.22. The van der Waals surface area contributed by atoms with Crippen LogP contribution in [0.25, 0.3) is 0 Å². The van der Waals surface area contributed by atoms with E-state index in [1.807, 2.05) is 13.0 Å². The number of hydrogen-bond acceptors (Lipinski definition) is 2. The molecule has 0 saturated heterocycles. The summed E-state index contributed by atoms with van der Waals surface area (Å²) in [5.41, 5.74) is 0.186. The van der Waals surface area contributed by atoms with Crippen LogP contribution in [0.2, 0.25) is 0 Å². The lowest BCUT2D eigenvalue weighted by Crippen LogP contribution is -2.48. The van der Waals surface area contributed by atoms with Gasteiger partial charge in [-0.05, 0) is 50.3 Å². The van der Waals surface area contributed by atoms with Crippen LogP contribution < -0.4 is 5.32 Å². The molecule has 0 amide bonds. The number of benzene rings is 1. The Morgan fingerprint density at radius 3 is 2.78 bits per heavy atom. The normalized spacial score (nSPS) is 19.3. The van der Waals surface area contributed by atoms with E-state index < -0.39 is 5.60 Å². The van der Waals surface area contributed by atoms with E-state index >= 15 is 0 Å². The largest absolute Gasteiger partial charge is 0.389 e. The quantitative estimate of drug-likeness (QED) is 0.875. The van der Waals surface area contributed by atoms with Crippen molar-refractivity contribution < 1.29 is 9.50 Å². The van der Waals surface area contributed by atoms with E-state index in [2.05, 4.69) is 21.2 Å². The minimum atomic E-state index is -0.521. The molecule has 4 heteroatoms. The highest BCUT2D eigenvalue weighted by molar-refractivity contribution is 9.10. The summed E-state index contributed by atoms with van der Waals surface area (Å²) in [6.07, 6.45) is 3.49. The molecule has 1 aliphatic rings. The van der Waals surface area contributed by atoms with Crippen molar-refractivity contribution in [2.75, 3.05) is 6.54 Å². The van der Waals surface area contributed by atoms with E-state index in [0.717, 1.165) is 23.7 Å². The lowest BCUT2D eigenvalue weighted by atomic mass is 9.80. The predicted octanol–water partition coefficient (Wildman–Crippen LogP) is 3.02. The zero-order valence-corrected chi connectivity index (χ0v) is 12.1. The van der Waals surface area contributed by atoms with Gasteiger partial charge in [0.1, 0.15) is 5.82 Å². The molecule has 100 valence electrons. The van der Waals surface area contributed by atoms with Gasteiger partial charge in [0.15, 0.2) is 0 Å². The van der Waals surface area contributed by atoms with Gasteiger partial charge in [0, 0.05) is 17.1 Å². The first-order valence-electron chi connectivity index (χ1n) is 6.38. The lowest BCUT2D eigenvalue weighted by molar-refractivity contribution is -0.0328. The third-order valence-electron chi connectivity index (χ3n) is 3.61. The molecular weight excluding hydrogens is 297 g/mol. The van der Waals surface area contributed by atoms with Crippen molar-refractivity contribution >= 4 is 15.9 Å². The molecule has 18 heavy (non-hydrogen) atoms. The average molecular weight is 316 g/mol. The topological polar surface area (TPSA) is 32.3 Å². The molecule has 2 rings (SSSR count). The molecule has 2 nitrogen and oxygen atoms in total. The molecule has 1 aliphatic carbocycles. The Balaban J connectivity index is 1.84. The molecule has 0 bridgehead atoms. The van der Waals surface area contributed by atoms with Crippen molar-refractivity contribution in [2.24, 2.45) is 0 Å². The molecule has 2 N–H and O–H groups in total. The zero-order valence-electron chi connectivity index (χ0n) is 10.5. The standard InChI is InChI=1S/C14H19BrFNO/c1-10(17-9-14(18)5-2-6-14)7-11-3-4-12(15)8-13(11)16/h3-4,8,10,17-18H,2,5-7,9H2,1H3. The summed E-state index contributed by atoms with van der Waals surface area (Å²) in [5, 5.41) is 13.3. The molecule has 1 saturated carbocycles. The summed E-state index contributed by atoms with van der Waals surface area (Å²) in [5.74, 6) is -0.180. The van der Waals surface area contributed by atoms with Gasteiger partial charge in [0.25, 0.3) is 0 Å². The smallest absolute Gasteiger partial charge is 0.127 e. The molecule has 0 aliphatic heterocycles. The van der Waals surface area contributed by atoms with Crippen LogP contribution in [-0.4, -0.2) is 23.3 Å². The lowest BCUT2D eigenvalue weighted by Gasteiger charge is -2.37. The Morgan fingerprint density at radius 2 is 2.22 bits per heavy atom. The molecule has 0 aromatic heterocycles. The van der Waals surface area contributed by atoms with Crippen LogP contribution in [0.5, 0.6) is 0 Å². The Bertz CT molecular complexity index is 420. The Labute approximate surface area is 116 Å². The van der Waals surface area contributed by atoms with Crippen molar-refractivity contribution in [1.29, 1.82) is 0 Å². The van der Waals surface area contributed by atoms with Gasteiger partial charge in [-0.3, -0.25) is 0 Å². The van der Waals surface area contributed by atoms with Crippen molar-refractivity contribution in [2.45, 2.75) is 44.2 Å². The highest BCUT2D eigenvalue weighted by atomic mass is 79.9. The molecule has 1 fully saturated rings. The van der Waals surface area contributed by atoms with Gasteiger partial charge in [0.2, 0.25) is 0 Å². The van der Waals surface area contributed by atoms with E-state index in [4.69, 9.17) is 0 Å². The zero-order chi connectivity index (χ0) is 13.2. The van der Waals surface area contributed by atoms with Crippen molar-refractivity contribution in [3.05, 3.63) is 34.1 Å². The van der Waals surface area contributed by atoms with Gasteiger partial charge in [0.05, 0.1) is 5.60 Å². The average Bonchev–Trinajstić information content (AvgIpc) is 2.28. The molecule has 1 unspecified atom stereocenters. The fourth-order valence-corrected chi connectivity index (χ4v) is 2.55. The predicted molar refractivity (Wildman–Crippen MR) is 74.1 cm³/mol. The van der Waals surface area contributed by atoms with Gasteiger partial charge >= 0.3 is 0 Å². The van der Waals surface area contributed by atoms with E-state index in [0.29, 0.717) is 18.5 Å². The Morgan fingerprint density at radius 1 is 1.50 bits per heavy atom. The Kier molecular flexibility index (Phi) is 4.41. The SMILES string of the molecule is CC(Cc1ccc(Br)cc1F)NCC1(O)CCC1. The minimum Gasteiger partial charge on any atom is -0.389 e. The van der Waals surface area contributed by atoms with Crippen LogP contribution >= 0.6 is 15.9 Å². The first kappa shape index (κ1) is 14.0. The summed E-state index contributed by atoms with van der Waals surface area (Å²) in [6, 6.07) is 5.30. The fourth-order valence-electron chi connectivity index (χ4n) is 2.22. The summed E-state index contributed by atoms with van der Waals surface area (Å²) >= 11 is 3.25. The summed E-state index contributed by atoms with van der Waals surface area (Å²) in [6.45, 7) is 2.62. The molecule has 1 aromatic carbocycles. The number of aliphatic hydroxyl groups is 1. The fraction of sp³-hybridized carbons (Fsp3) is 0.571. The van der Waals surface area contributed by atoms with E-state index in [-0.39, 0.29) is 11.9 Å². The van der Waals surface area contributed by atoms with Crippen molar-refractivity contribution in [1.82, 2.24) is 5.32 Å². The number of nitrogens with one attached hydrogen (secondary N) is 1. The second kappa shape index (κ2) is 5.68. The summed E-state index contributed by atoms with van der Waals surface area (Å²) < 4.78 is 14.4. The van der Waals surface area contributed by atoms with Crippen LogP contribution in [0.4, 0.5) is 4.39 Å². The Hall–Kier alpha value is -0.450. The second-order valence-electron chi connectivity index (χ2n) is 5.30. The highest BCUT2D eigenvalue weighted by Gasteiger charge is 2.34. The van der Waals surface area contributed by atoms with Crippen LogP contribution in [-0.2, 0) is 6.42 Å². The van der Waals surface area contributed by atoms with Crippen LogP contribution in [0.3, 0.4) is 0 Å². The number of halogens is 2. The van der Waals surface area contributed by atoms with Crippen molar-refractivity contribution in [3.63, 3.8) is 0 Å². The molecule has 0 heterocycles. The maximum atomic E-state index is 13.7. The van der Waals surface area contributed by atoms with E-state index in [1.165, 1.54) is 6.07 Å². The van der Waals surface area contributed by atoms with Crippen LogP contribution in [0.15, 0.2) is 22.7 Å². The monoisotopic (exact) mass is 315 g/mol. The molecule has 0 spiro atoms. The molecule has 1 atom stereocenters. The van der Waals surface area contributed by atoms with Gasteiger partial charge in [-0.1, -0.05) is 22.0 Å². The third-order valence-corrected chi connectivity index (χ3v) is 4.10. The minimum absolute atomic E-state index is 0.158. The number of rotatable bonds is 5. The molecular formula is C14H19BrFNO. The first-order chi connectivity index (χ1) is 8.48. The van der Waals surface area contributed by atoms with Gasteiger partial charge in [-0.2, -0.15) is 0 Å². The maximum absolute atomic E-state index is 13.7. The van der Waals surface area contributed by atoms with Gasteiger partial charge < -0.3 is 10.4 Å². The van der Waals surface area contributed by atoms with Crippen molar-refractivity contribution in [3.8, 4) is 0 Å². The van der Waals surface area contributed by atoms with Crippen LogP contribution in [0.1, 0.15) is 31.7 Å². The highest BCUT2D eigenvalue weighted by Crippen LogP contribution is 2.30. The number of hydrogen-bond donors (Lipinski definition) is 2.